The van der Waals surface area contributed by atoms with Gasteiger partial charge in [0.15, 0.2) is 5.82 Å². The molecule has 0 amide bonds. The smallest absolute Gasteiger partial charge is 0.321 e. The van der Waals surface area contributed by atoms with Gasteiger partial charge in [-0.1, -0.05) is 19.1 Å². The number of aromatic amines is 1. The maximum Gasteiger partial charge on any atom is 0.348 e. The van der Waals surface area contributed by atoms with E-state index in [2.05, 4.69) is 10.2 Å². The molecule has 1 aromatic heterocycles. The highest BCUT2D eigenvalue weighted by Gasteiger charge is 2.17. The van der Waals surface area contributed by atoms with Crippen LogP contribution in [-0.4, -0.2) is 14.8 Å². The molecule has 0 saturated carbocycles. The van der Waals surface area contributed by atoms with Crippen LogP contribution < -0.4 is 11.4 Å². The lowest BCUT2D eigenvalue weighted by Gasteiger charge is -2.10. The van der Waals surface area contributed by atoms with Crippen LogP contribution in [0.15, 0.2) is 29.1 Å². The molecule has 0 fully saturated rings. The van der Waals surface area contributed by atoms with Gasteiger partial charge in [0.2, 0.25) is 0 Å². The Morgan fingerprint density at radius 3 is 2.88 bits per heavy atom. The van der Waals surface area contributed by atoms with E-state index in [4.69, 9.17) is 5.73 Å². The minimum absolute atomic E-state index is 0.158. The van der Waals surface area contributed by atoms with Crippen LogP contribution in [0.2, 0.25) is 0 Å². The van der Waals surface area contributed by atoms with Crippen molar-refractivity contribution in [3.05, 3.63) is 46.4 Å². The van der Waals surface area contributed by atoms with Gasteiger partial charge < -0.3 is 5.73 Å². The number of nitrogens with two attached hydrogens (primary N) is 1. The number of hydrogen-bond acceptors (Lipinski definition) is 3. The Bertz CT molecular complexity index is 575. The summed E-state index contributed by atoms with van der Waals surface area (Å²) in [5.74, 6) is -0.150. The summed E-state index contributed by atoms with van der Waals surface area (Å²) in [6.45, 7) is 1.87. The van der Waals surface area contributed by atoms with Crippen molar-refractivity contribution in [3.8, 4) is 5.69 Å². The average molecular weight is 236 g/mol. The van der Waals surface area contributed by atoms with Crippen molar-refractivity contribution in [2.45, 2.75) is 19.4 Å². The summed E-state index contributed by atoms with van der Waals surface area (Å²) in [6.07, 6.45) is 0.610. The number of nitrogens with zero attached hydrogens (tertiary/aromatic N) is 2. The molecule has 1 heterocycles. The third-order valence-electron chi connectivity index (χ3n) is 2.56. The van der Waals surface area contributed by atoms with Crippen LogP contribution in [0.5, 0.6) is 0 Å². The third-order valence-corrected chi connectivity index (χ3v) is 2.56. The van der Waals surface area contributed by atoms with Crippen LogP contribution >= 0.6 is 0 Å². The second kappa shape index (κ2) is 4.50. The largest absolute Gasteiger partial charge is 0.348 e. The van der Waals surface area contributed by atoms with Crippen LogP contribution in [0.4, 0.5) is 4.39 Å². The fraction of sp³-hybridized carbons (Fsp3) is 0.273. The summed E-state index contributed by atoms with van der Waals surface area (Å²) in [4.78, 5) is 11.6. The van der Waals surface area contributed by atoms with Crippen LogP contribution in [0, 0.1) is 5.82 Å². The molecule has 17 heavy (non-hydrogen) atoms. The van der Waals surface area contributed by atoms with Crippen LogP contribution in [0.3, 0.4) is 0 Å². The van der Waals surface area contributed by atoms with E-state index in [0.717, 1.165) is 0 Å². The van der Waals surface area contributed by atoms with Gasteiger partial charge in [-0.3, -0.25) is 0 Å². The Morgan fingerprint density at radius 2 is 2.24 bits per heavy atom. The van der Waals surface area contributed by atoms with E-state index < -0.39 is 17.5 Å². The SMILES string of the molecule is CC[C@H](N)c1n[nH]c(=O)n1-c1ccccc1F. The predicted octanol–water partition coefficient (Wildman–Crippen LogP) is 1.11. The molecule has 0 aliphatic heterocycles. The number of H-pyrrole nitrogens is 1. The molecule has 0 unspecified atom stereocenters. The molecule has 0 aliphatic carbocycles. The molecule has 6 heteroatoms. The number of hydrogen-bond donors (Lipinski definition) is 2. The minimum Gasteiger partial charge on any atom is -0.321 e. The molecule has 3 N–H and O–H groups in total. The van der Waals surface area contributed by atoms with Crippen molar-refractivity contribution in [2.24, 2.45) is 5.73 Å². The van der Waals surface area contributed by atoms with Gasteiger partial charge in [0.25, 0.3) is 0 Å². The minimum atomic E-state index is -0.492. The van der Waals surface area contributed by atoms with E-state index in [1.54, 1.807) is 12.1 Å². The van der Waals surface area contributed by atoms with Crippen molar-refractivity contribution in [1.82, 2.24) is 14.8 Å². The number of aromatic nitrogens is 3. The van der Waals surface area contributed by atoms with Crippen LogP contribution in [0.25, 0.3) is 5.69 Å². The normalized spacial score (nSPS) is 12.6. The van der Waals surface area contributed by atoms with Gasteiger partial charge in [-0.15, -0.1) is 0 Å². The lowest BCUT2D eigenvalue weighted by atomic mass is 10.2. The highest BCUT2D eigenvalue weighted by Crippen LogP contribution is 2.16. The second-order valence-electron chi connectivity index (χ2n) is 3.69. The van der Waals surface area contributed by atoms with Gasteiger partial charge in [-0.2, -0.15) is 5.10 Å². The first-order valence-corrected chi connectivity index (χ1v) is 5.33. The molecule has 5 nitrogen and oxygen atoms in total. The number of benzene rings is 1. The molecule has 2 aromatic rings. The van der Waals surface area contributed by atoms with Gasteiger partial charge >= 0.3 is 5.69 Å². The zero-order chi connectivity index (χ0) is 12.4. The molecule has 0 radical (unpaired) electrons. The van der Waals surface area contributed by atoms with E-state index in [9.17, 15) is 9.18 Å². The van der Waals surface area contributed by atoms with E-state index in [1.807, 2.05) is 6.92 Å². The first kappa shape index (κ1) is 11.5. The maximum absolute atomic E-state index is 13.6. The van der Waals surface area contributed by atoms with Crippen molar-refractivity contribution >= 4 is 0 Å². The van der Waals surface area contributed by atoms with Gasteiger partial charge in [-0.05, 0) is 18.6 Å². The summed E-state index contributed by atoms with van der Waals surface area (Å²) >= 11 is 0. The summed E-state index contributed by atoms with van der Waals surface area (Å²) in [5.41, 5.74) is 5.50. The highest BCUT2D eigenvalue weighted by atomic mass is 19.1. The third kappa shape index (κ3) is 1.99. The van der Waals surface area contributed by atoms with Crippen LogP contribution in [-0.2, 0) is 0 Å². The van der Waals surface area contributed by atoms with E-state index in [-0.39, 0.29) is 5.69 Å². The fourth-order valence-electron chi connectivity index (χ4n) is 1.61. The maximum atomic E-state index is 13.6. The Kier molecular flexibility index (Phi) is 3.06. The molecular weight excluding hydrogens is 223 g/mol. The van der Waals surface area contributed by atoms with Crippen molar-refractivity contribution < 1.29 is 4.39 Å². The second-order valence-corrected chi connectivity index (χ2v) is 3.69. The standard InChI is InChI=1S/C11H13FN4O/c1-2-8(13)10-14-15-11(17)16(10)9-6-4-3-5-7(9)12/h3-6,8H,2,13H2,1H3,(H,15,17)/t8-/m0/s1. The Hall–Kier alpha value is -1.95. The Balaban J connectivity index is 2.63. The molecule has 2 rings (SSSR count). The van der Waals surface area contributed by atoms with Crippen molar-refractivity contribution in [1.29, 1.82) is 0 Å². The lowest BCUT2D eigenvalue weighted by Crippen LogP contribution is -2.22. The number of halogens is 1. The zero-order valence-corrected chi connectivity index (χ0v) is 9.35. The van der Waals surface area contributed by atoms with E-state index in [0.29, 0.717) is 12.2 Å². The molecule has 1 aromatic carbocycles. The Morgan fingerprint density at radius 1 is 1.53 bits per heavy atom. The molecule has 0 bridgehead atoms. The lowest BCUT2D eigenvalue weighted by molar-refractivity contribution is 0.595. The first-order chi connectivity index (χ1) is 8.15. The molecule has 0 saturated heterocycles. The van der Waals surface area contributed by atoms with Gasteiger partial charge in [-0.25, -0.2) is 18.9 Å². The summed E-state index contributed by atoms with van der Waals surface area (Å²) in [7, 11) is 0. The Labute approximate surface area is 97.1 Å². The van der Waals surface area contributed by atoms with Gasteiger partial charge in [0.05, 0.1) is 11.7 Å². The zero-order valence-electron chi connectivity index (χ0n) is 9.35. The number of rotatable bonds is 3. The van der Waals surface area contributed by atoms with Gasteiger partial charge in [0.1, 0.15) is 5.82 Å². The number of nitrogens with one attached hydrogen (secondary N) is 1. The monoisotopic (exact) mass is 236 g/mol. The predicted molar refractivity (Wildman–Crippen MR) is 61.4 cm³/mol. The average Bonchev–Trinajstić information content (AvgIpc) is 2.71. The number of para-hydroxylation sites is 1. The fourth-order valence-corrected chi connectivity index (χ4v) is 1.61. The first-order valence-electron chi connectivity index (χ1n) is 5.33. The van der Waals surface area contributed by atoms with E-state index >= 15 is 0 Å². The van der Waals surface area contributed by atoms with Crippen LogP contribution in [0.1, 0.15) is 25.2 Å². The summed E-state index contributed by atoms with van der Waals surface area (Å²) in [6, 6.07) is 5.60. The van der Waals surface area contributed by atoms with Gasteiger partial charge in [0, 0.05) is 0 Å². The molecular formula is C11H13FN4O. The van der Waals surface area contributed by atoms with Crippen molar-refractivity contribution in [2.75, 3.05) is 0 Å². The molecule has 1 atom stereocenters. The molecule has 0 spiro atoms. The molecule has 90 valence electrons. The quantitative estimate of drug-likeness (QED) is 0.838. The highest BCUT2D eigenvalue weighted by molar-refractivity contribution is 5.34. The summed E-state index contributed by atoms with van der Waals surface area (Å²) in [5, 5.41) is 6.13. The summed E-state index contributed by atoms with van der Waals surface area (Å²) < 4.78 is 14.8. The topological polar surface area (TPSA) is 76.7 Å². The van der Waals surface area contributed by atoms with Crippen molar-refractivity contribution in [3.63, 3.8) is 0 Å². The molecule has 0 aliphatic rings. The van der Waals surface area contributed by atoms with E-state index in [1.165, 1.54) is 16.7 Å².